The molecule has 0 bridgehead atoms. The van der Waals surface area contributed by atoms with Gasteiger partial charge >= 0.3 is 0 Å². The van der Waals surface area contributed by atoms with Gasteiger partial charge in [-0.3, -0.25) is 0 Å². The molecule has 0 radical (unpaired) electrons. The van der Waals surface area contributed by atoms with Crippen LogP contribution in [-0.4, -0.2) is 45.3 Å². The summed E-state index contributed by atoms with van der Waals surface area (Å²) in [6.45, 7) is 3.22. The van der Waals surface area contributed by atoms with E-state index >= 15 is 0 Å². The van der Waals surface area contributed by atoms with Gasteiger partial charge in [0.15, 0.2) is 6.19 Å². The Morgan fingerprint density at radius 1 is 1.55 bits per heavy atom. The number of nitrogens with zero attached hydrogens (tertiary/aromatic N) is 2. The van der Waals surface area contributed by atoms with Crippen LogP contribution in [0.4, 0.5) is 0 Å². The molecule has 0 amide bonds. The Morgan fingerprint density at radius 3 is 2.82 bits per heavy atom. The summed E-state index contributed by atoms with van der Waals surface area (Å²) in [5.74, 6) is 0. The summed E-state index contributed by atoms with van der Waals surface area (Å²) in [4.78, 5) is 2.10. The first-order chi connectivity index (χ1) is 5.31. The van der Waals surface area contributed by atoms with Crippen molar-refractivity contribution in [3.05, 3.63) is 0 Å². The van der Waals surface area contributed by atoms with E-state index in [1.807, 2.05) is 13.2 Å². The largest absolute Gasteiger partial charge is 0.383 e. The van der Waals surface area contributed by atoms with Gasteiger partial charge in [0.25, 0.3) is 0 Å². The van der Waals surface area contributed by atoms with Crippen LogP contribution in [0.5, 0.6) is 0 Å². The topological polar surface area (TPSA) is 48.3 Å². The molecule has 0 fully saturated rings. The van der Waals surface area contributed by atoms with Crippen molar-refractivity contribution >= 4 is 0 Å². The van der Waals surface area contributed by atoms with E-state index < -0.39 is 0 Å². The summed E-state index contributed by atoms with van der Waals surface area (Å²) < 4.78 is 4.89. The summed E-state index contributed by atoms with van der Waals surface area (Å²) in [7, 11) is 3.68. The fraction of sp³-hybridized carbons (Fsp3) is 0.857. The summed E-state index contributed by atoms with van der Waals surface area (Å²) in [5.41, 5.74) is 0. The zero-order valence-corrected chi connectivity index (χ0v) is 7.13. The minimum absolute atomic E-state index is 0.705. The van der Waals surface area contributed by atoms with Gasteiger partial charge in [-0.15, -0.1) is 0 Å². The Morgan fingerprint density at radius 2 is 2.27 bits per heavy atom. The Bertz CT molecular complexity index is 121. The fourth-order valence-electron chi connectivity index (χ4n) is 0.662. The molecule has 0 heterocycles. The van der Waals surface area contributed by atoms with Gasteiger partial charge in [-0.05, 0) is 7.05 Å². The van der Waals surface area contributed by atoms with Crippen molar-refractivity contribution in [2.45, 2.75) is 0 Å². The molecule has 0 aromatic heterocycles. The van der Waals surface area contributed by atoms with Crippen molar-refractivity contribution in [2.75, 3.05) is 40.4 Å². The standard InChI is InChI=1S/C7H15N3O/c1-10(5-6-11-2)4-3-9-7-8/h9H,3-6H2,1-2H3. The molecule has 0 spiro atoms. The monoisotopic (exact) mass is 157 g/mol. The van der Waals surface area contributed by atoms with E-state index in [1.54, 1.807) is 7.11 Å². The van der Waals surface area contributed by atoms with Crippen LogP contribution >= 0.6 is 0 Å². The molecule has 0 unspecified atom stereocenters. The molecule has 0 saturated heterocycles. The molecule has 0 aliphatic heterocycles. The van der Waals surface area contributed by atoms with Crippen molar-refractivity contribution in [1.29, 1.82) is 5.26 Å². The van der Waals surface area contributed by atoms with Gasteiger partial charge in [0.05, 0.1) is 6.61 Å². The van der Waals surface area contributed by atoms with E-state index in [4.69, 9.17) is 10.00 Å². The van der Waals surface area contributed by atoms with Gasteiger partial charge in [-0.1, -0.05) is 0 Å². The SMILES string of the molecule is COCCN(C)CCNC#N. The van der Waals surface area contributed by atoms with Crippen molar-refractivity contribution in [3.63, 3.8) is 0 Å². The Labute approximate surface area is 67.7 Å². The lowest BCUT2D eigenvalue weighted by Crippen LogP contribution is -2.29. The maximum absolute atomic E-state index is 8.15. The predicted molar refractivity (Wildman–Crippen MR) is 43.0 cm³/mol. The molecule has 0 aromatic carbocycles. The number of methoxy groups -OCH3 is 1. The van der Waals surface area contributed by atoms with Crippen LogP contribution in [0.1, 0.15) is 0 Å². The first-order valence-electron chi connectivity index (χ1n) is 3.60. The Balaban J connectivity index is 3.10. The second-order valence-corrected chi connectivity index (χ2v) is 2.33. The minimum atomic E-state index is 0.705. The predicted octanol–water partition coefficient (Wildman–Crippen LogP) is -0.365. The minimum Gasteiger partial charge on any atom is -0.383 e. The lowest BCUT2D eigenvalue weighted by atomic mass is 10.5. The lowest BCUT2D eigenvalue weighted by molar-refractivity contribution is 0.162. The Kier molecular flexibility index (Phi) is 6.79. The molecule has 64 valence electrons. The molecular formula is C7H15N3O. The van der Waals surface area contributed by atoms with E-state index in [1.165, 1.54) is 0 Å². The van der Waals surface area contributed by atoms with Crippen LogP contribution in [0, 0.1) is 11.5 Å². The summed E-state index contributed by atoms with van der Waals surface area (Å²) >= 11 is 0. The molecular weight excluding hydrogens is 142 g/mol. The van der Waals surface area contributed by atoms with E-state index in [9.17, 15) is 0 Å². The Hall–Kier alpha value is -0.790. The molecule has 0 rings (SSSR count). The molecule has 0 saturated carbocycles. The smallest absolute Gasteiger partial charge is 0.176 e. The van der Waals surface area contributed by atoms with Crippen LogP contribution in [0.15, 0.2) is 0 Å². The third kappa shape index (κ3) is 7.10. The quantitative estimate of drug-likeness (QED) is 0.325. The summed E-state index contributed by atoms with van der Waals surface area (Å²) in [6.07, 6.45) is 1.87. The highest BCUT2D eigenvalue weighted by Crippen LogP contribution is 1.79. The average Bonchev–Trinajstić information content (AvgIpc) is 2.01. The van der Waals surface area contributed by atoms with Crippen LogP contribution in [0.3, 0.4) is 0 Å². The highest BCUT2D eigenvalue weighted by Gasteiger charge is 1.95. The first kappa shape index (κ1) is 10.2. The van der Waals surface area contributed by atoms with Gasteiger partial charge in [-0.25, -0.2) is 0 Å². The number of nitriles is 1. The normalized spacial score (nSPS) is 9.64. The summed E-state index contributed by atoms with van der Waals surface area (Å²) in [6, 6.07) is 0. The number of hydrogen-bond donors (Lipinski definition) is 1. The molecule has 0 aliphatic carbocycles. The number of likely N-dealkylation sites (N-methyl/N-ethyl adjacent to an activating group) is 1. The fourth-order valence-corrected chi connectivity index (χ4v) is 0.662. The van der Waals surface area contributed by atoms with Crippen LogP contribution in [0.25, 0.3) is 0 Å². The zero-order valence-electron chi connectivity index (χ0n) is 7.13. The maximum atomic E-state index is 8.15. The number of nitrogens with one attached hydrogen (secondary N) is 1. The second-order valence-electron chi connectivity index (χ2n) is 2.33. The number of ether oxygens (including phenoxy) is 1. The molecule has 0 atom stereocenters. The van der Waals surface area contributed by atoms with Crippen molar-refractivity contribution < 1.29 is 4.74 Å². The second kappa shape index (κ2) is 7.32. The van der Waals surface area contributed by atoms with Crippen molar-refractivity contribution in [2.24, 2.45) is 0 Å². The molecule has 4 nitrogen and oxygen atoms in total. The van der Waals surface area contributed by atoms with E-state index in [2.05, 4.69) is 10.2 Å². The molecule has 1 N–H and O–H groups in total. The lowest BCUT2D eigenvalue weighted by Gasteiger charge is -2.14. The van der Waals surface area contributed by atoms with Crippen molar-refractivity contribution in [1.82, 2.24) is 10.2 Å². The third-order valence-corrected chi connectivity index (χ3v) is 1.37. The highest BCUT2D eigenvalue weighted by atomic mass is 16.5. The summed E-state index contributed by atoms with van der Waals surface area (Å²) in [5, 5.41) is 10.7. The van der Waals surface area contributed by atoms with Gasteiger partial charge < -0.3 is 15.0 Å². The number of rotatable bonds is 6. The van der Waals surface area contributed by atoms with Gasteiger partial charge in [-0.2, -0.15) is 5.26 Å². The maximum Gasteiger partial charge on any atom is 0.176 e. The van der Waals surface area contributed by atoms with Crippen LogP contribution in [0.2, 0.25) is 0 Å². The van der Waals surface area contributed by atoms with Gasteiger partial charge in [0.2, 0.25) is 0 Å². The van der Waals surface area contributed by atoms with Crippen LogP contribution in [-0.2, 0) is 4.74 Å². The molecule has 0 aliphatic rings. The third-order valence-electron chi connectivity index (χ3n) is 1.37. The van der Waals surface area contributed by atoms with E-state index in [0.29, 0.717) is 6.54 Å². The number of hydrogen-bond acceptors (Lipinski definition) is 4. The van der Waals surface area contributed by atoms with Gasteiger partial charge in [0, 0.05) is 26.7 Å². The first-order valence-corrected chi connectivity index (χ1v) is 3.60. The van der Waals surface area contributed by atoms with Gasteiger partial charge in [0.1, 0.15) is 0 Å². The van der Waals surface area contributed by atoms with Crippen molar-refractivity contribution in [3.8, 4) is 6.19 Å². The van der Waals surface area contributed by atoms with E-state index in [-0.39, 0.29) is 0 Å². The zero-order chi connectivity index (χ0) is 8.53. The average molecular weight is 157 g/mol. The molecule has 0 aromatic rings. The van der Waals surface area contributed by atoms with E-state index in [0.717, 1.165) is 19.7 Å². The van der Waals surface area contributed by atoms with Crippen LogP contribution < -0.4 is 5.32 Å². The molecule has 11 heavy (non-hydrogen) atoms. The highest BCUT2D eigenvalue weighted by molar-refractivity contribution is 4.65. The molecule has 4 heteroatoms.